The van der Waals surface area contributed by atoms with Crippen LogP contribution in [0.2, 0.25) is 0 Å². The number of thiophene rings is 1. The highest BCUT2D eigenvalue weighted by Gasteiger charge is 2.14. The Morgan fingerprint density at radius 1 is 1.20 bits per heavy atom. The van der Waals surface area contributed by atoms with Crippen molar-refractivity contribution in [1.82, 2.24) is 0 Å². The molecule has 2 rings (SSSR count). The van der Waals surface area contributed by atoms with Crippen molar-refractivity contribution in [2.75, 3.05) is 5.32 Å². The van der Waals surface area contributed by atoms with Crippen molar-refractivity contribution < 1.29 is 14.7 Å². The monoisotopic (exact) mass is 289 g/mol. The van der Waals surface area contributed by atoms with Crippen LogP contribution in [0.1, 0.15) is 36.7 Å². The second-order valence-corrected chi connectivity index (χ2v) is 5.70. The molecule has 4 nitrogen and oxygen atoms in total. The van der Waals surface area contributed by atoms with Crippen LogP contribution >= 0.6 is 11.3 Å². The molecule has 0 saturated carbocycles. The first kappa shape index (κ1) is 14.3. The molecule has 0 atom stereocenters. The maximum absolute atomic E-state index is 12.2. The summed E-state index contributed by atoms with van der Waals surface area (Å²) in [6, 6.07) is 4.68. The van der Waals surface area contributed by atoms with Gasteiger partial charge in [-0.2, -0.15) is 0 Å². The van der Waals surface area contributed by atoms with Gasteiger partial charge in [-0.1, -0.05) is 6.07 Å². The first-order chi connectivity index (χ1) is 9.40. The van der Waals surface area contributed by atoms with Crippen molar-refractivity contribution >= 4 is 28.9 Å². The van der Waals surface area contributed by atoms with Crippen molar-refractivity contribution in [3.63, 3.8) is 0 Å². The molecule has 0 aliphatic rings. The standard InChI is InChI=1S/C15H15NO3S/c1-8-4-5-11(15(18)19)6-13(8)16-14(17)12-7-20-10(3)9(12)2/h4-7H,1-3H3,(H,16,17)(H,18,19). The van der Waals surface area contributed by atoms with Crippen LogP contribution in [0.4, 0.5) is 5.69 Å². The van der Waals surface area contributed by atoms with Gasteiger partial charge < -0.3 is 10.4 Å². The summed E-state index contributed by atoms with van der Waals surface area (Å²) in [5.74, 6) is -1.22. The Hall–Kier alpha value is -2.14. The first-order valence-electron chi connectivity index (χ1n) is 6.10. The van der Waals surface area contributed by atoms with E-state index in [2.05, 4.69) is 5.32 Å². The van der Waals surface area contributed by atoms with Crippen LogP contribution < -0.4 is 5.32 Å². The van der Waals surface area contributed by atoms with Gasteiger partial charge in [-0.15, -0.1) is 11.3 Å². The molecule has 5 heteroatoms. The molecule has 20 heavy (non-hydrogen) atoms. The van der Waals surface area contributed by atoms with E-state index >= 15 is 0 Å². The number of carboxylic acids is 1. The van der Waals surface area contributed by atoms with Crippen LogP contribution in [-0.2, 0) is 0 Å². The third-order valence-electron chi connectivity index (χ3n) is 3.26. The predicted molar refractivity (Wildman–Crippen MR) is 79.9 cm³/mol. The molecule has 0 bridgehead atoms. The largest absolute Gasteiger partial charge is 0.478 e. The third kappa shape index (κ3) is 2.72. The summed E-state index contributed by atoms with van der Waals surface area (Å²) in [5.41, 5.74) is 3.10. The summed E-state index contributed by atoms with van der Waals surface area (Å²) in [6.07, 6.45) is 0. The summed E-state index contributed by atoms with van der Waals surface area (Å²) in [4.78, 5) is 24.3. The summed E-state index contributed by atoms with van der Waals surface area (Å²) in [5, 5.41) is 13.6. The van der Waals surface area contributed by atoms with E-state index in [0.29, 0.717) is 11.3 Å². The van der Waals surface area contributed by atoms with Gasteiger partial charge in [-0.05, 0) is 44.0 Å². The van der Waals surface area contributed by atoms with Crippen LogP contribution in [0, 0.1) is 20.8 Å². The molecule has 104 valence electrons. The highest BCUT2D eigenvalue weighted by molar-refractivity contribution is 7.10. The molecule has 0 fully saturated rings. The summed E-state index contributed by atoms with van der Waals surface area (Å²) in [7, 11) is 0. The van der Waals surface area contributed by atoms with E-state index in [1.807, 2.05) is 26.2 Å². The minimum Gasteiger partial charge on any atom is -0.478 e. The zero-order valence-electron chi connectivity index (χ0n) is 11.5. The van der Waals surface area contributed by atoms with E-state index in [1.54, 1.807) is 6.07 Å². The Labute approximate surface area is 121 Å². The number of carbonyl (C=O) groups excluding carboxylic acids is 1. The van der Waals surface area contributed by atoms with Gasteiger partial charge in [0.1, 0.15) is 0 Å². The van der Waals surface area contributed by atoms with Gasteiger partial charge in [0.15, 0.2) is 0 Å². The number of benzene rings is 1. The number of carboxylic acid groups (broad SMARTS) is 1. The van der Waals surface area contributed by atoms with Gasteiger partial charge in [0, 0.05) is 15.9 Å². The van der Waals surface area contributed by atoms with E-state index < -0.39 is 5.97 Å². The zero-order valence-corrected chi connectivity index (χ0v) is 12.3. The molecule has 1 aromatic carbocycles. The average molecular weight is 289 g/mol. The normalized spacial score (nSPS) is 10.3. The SMILES string of the molecule is Cc1ccc(C(=O)O)cc1NC(=O)c1csc(C)c1C. The first-order valence-corrected chi connectivity index (χ1v) is 6.98. The van der Waals surface area contributed by atoms with Crippen molar-refractivity contribution in [3.05, 3.63) is 50.7 Å². The maximum Gasteiger partial charge on any atom is 0.335 e. The second kappa shape index (κ2) is 5.46. The van der Waals surface area contributed by atoms with Gasteiger partial charge in [-0.25, -0.2) is 4.79 Å². The lowest BCUT2D eigenvalue weighted by Gasteiger charge is -2.09. The van der Waals surface area contributed by atoms with Gasteiger partial charge in [0.25, 0.3) is 5.91 Å². The van der Waals surface area contributed by atoms with Crippen LogP contribution in [0.3, 0.4) is 0 Å². The average Bonchev–Trinajstić information content (AvgIpc) is 2.72. The minimum absolute atomic E-state index is 0.157. The molecule has 2 aromatic rings. The molecular formula is C15H15NO3S. The topological polar surface area (TPSA) is 66.4 Å². The fourth-order valence-corrected chi connectivity index (χ4v) is 2.68. The highest BCUT2D eigenvalue weighted by Crippen LogP contribution is 2.23. The molecule has 1 heterocycles. The summed E-state index contributed by atoms with van der Waals surface area (Å²) in [6.45, 7) is 5.70. The Kier molecular flexibility index (Phi) is 3.90. The van der Waals surface area contributed by atoms with Crippen LogP contribution in [0.15, 0.2) is 23.6 Å². The van der Waals surface area contributed by atoms with E-state index in [1.165, 1.54) is 23.5 Å². The van der Waals surface area contributed by atoms with Gasteiger partial charge in [0.2, 0.25) is 0 Å². The van der Waals surface area contributed by atoms with Gasteiger partial charge >= 0.3 is 5.97 Å². The van der Waals surface area contributed by atoms with E-state index in [9.17, 15) is 9.59 Å². The number of nitrogens with one attached hydrogen (secondary N) is 1. The fraction of sp³-hybridized carbons (Fsp3) is 0.200. The highest BCUT2D eigenvalue weighted by atomic mass is 32.1. The Bertz CT molecular complexity index is 688. The molecule has 0 saturated heterocycles. The number of carbonyl (C=O) groups is 2. The predicted octanol–water partition coefficient (Wildman–Crippen LogP) is 3.62. The van der Waals surface area contributed by atoms with Crippen molar-refractivity contribution in [1.29, 1.82) is 0 Å². The zero-order chi connectivity index (χ0) is 14.9. The molecule has 0 aliphatic heterocycles. The van der Waals surface area contributed by atoms with Crippen molar-refractivity contribution in [3.8, 4) is 0 Å². The third-order valence-corrected chi connectivity index (χ3v) is 4.28. The molecule has 1 aromatic heterocycles. The number of rotatable bonds is 3. The van der Waals surface area contributed by atoms with Gasteiger partial charge in [-0.3, -0.25) is 4.79 Å². The lowest BCUT2D eigenvalue weighted by molar-refractivity contribution is 0.0696. The molecular weight excluding hydrogens is 274 g/mol. The number of aromatic carboxylic acids is 1. The lowest BCUT2D eigenvalue weighted by atomic mass is 10.1. The van der Waals surface area contributed by atoms with Crippen molar-refractivity contribution in [2.45, 2.75) is 20.8 Å². The van der Waals surface area contributed by atoms with Crippen LogP contribution in [-0.4, -0.2) is 17.0 Å². The number of anilines is 1. The number of aryl methyl sites for hydroxylation is 2. The molecule has 0 spiro atoms. The minimum atomic E-state index is -1.01. The second-order valence-electron chi connectivity index (χ2n) is 4.62. The summed E-state index contributed by atoms with van der Waals surface area (Å²) >= 11 is 1.53. The van der Waals surface area contributed by atoms with Gasteiger partial charge in [0.05, 0.1) is 11.1 Å². The van der Waals surface area contributed by atoms with E-state index in [0.717, 1.165) is 16.0 Å². The Balaban J connectivity index is 2.30. The quantitative estimate of drug-likeness (QED) is 0.906. The molecule has 0 unspecified atom stereocenters. The number of hydrogen-bond donors (Lipinski definition) is 2. The Morgan fingerprint density at radius 2 is 1.90 bits per heavy atom. The molecule has 0 radical (unpaired) electrons. The molecule has 1 amide bonds. The number of hydrogen-bond acceptors (Lipinski definition) is 3. The molecule has 2 N–H and O–H groups in total. The molecule has 0 aliphatic carbocycles. The summed E-state index contributed by atoms with van der Waals surface area (Å²) < 4.78 is 0. The fourth-order valence-electron chi connectivity index (χ4n) is 1.82. The van der Waals surface area contributed by atoms with E-state index in [-0.39, 0.29) is 11.5 Å². The number of amides is 1. The van der Waals surface area contributed by atoms with E-state index in [4.69, 9.17) is 5.11 Å². The Morgan fingerprint density at radius 3 is 2.45 bits per heavy atom. The smallest absolute Gasteiger partial charge is 0.335 e. The lowest BCUT2D eigenvalue weighted by Crippen LogP contribution is -2.13. The van der Waals surface area contributed by atoms with Crippen molar-refractivity contribution in [2.24, 2.45) is 0 Å². The van der Waals surface area contributed by atoms with Crippen LogP contribution in [0.5, 0.6) is 0 Å². The maximum atomic E-state index is 12.2. The van der Waals surface area contributed by atoms with Crippen LogP contribution in [0.25, 0.3) is 0 Å².